The average molecular weight is 356 g/mol. The molecule has 0 bridgehead atoms. The number of fused-ring (bicyclic) bond motifs is 1. The Kier molecular flexibility index (Phi) is 5.33. The second kappa shape index (κ2) is 8.02. The Balaban J connectivity index is 1.42. The van der Waals surface area contributed by atoms with Gasteiger partial charge in [0.05, 0.1) is 0 Å². The van der Waals surface area contributed by atoms with Crippen LogP contribution >= 0.6 is 0 Å². The summed E-state index contributed by atoms with van der Waals surface area (Å²) >= 11 is 0. The Bertz CT molecular complexity index is 808. The molecule has 2 aromatic rings. The Hall–Kier alpha value is -3.55. The fourth-order valence-corrected chi connectivity index (χ4v) is 2.19. The third-order valence-electron chi connectivity index (χ3n) is 3.47. The van der Waals surface area contributed by atoms with Gasteiger partial charge in [0, 0.05) is 5.56 Å². The van der Waals surface area contributed by atoms with Crippen LogP contribution in [0.3, 0.4) is 0 Å². The third kappa shape index (κ3) is 4.29. The Morgan fingerprint density at radius 3 is 2.42 bits per heavy atom. The molecule has 8 heteroatoms. The molecule has 0 saturated carbocycles. The predicted molar refractivity (Wildman–Crippen MR) is 89.4 cm³/mol. The van der Waals surface area contributed by atoms with Gasteiger partial charge < -0.3 is 14.2 Å². The first kappa shape index (κ1) is 17.3. The normalized spacial score (nSPS) is 14.8. The molecule has 0 spiro atoms. The van der Waals surface area contributed by atoms with Crippen molar-refractivity contribution >= 4 is 17.8 Å². The zero-order valence-electron chi connectivity index (χ0n) is 13.6. The number of hydrogen-bond donors (Lipinski definition) is 2. The molecule has 1 heterocycles. The van der Waals surface area contributed by atoms with Crippen LogP contribution in [0.25, 0.3) is 0 Å². The molecule has 1 aliphatic rings. The monoisotopic (exact) mass is 356 g/mol. The van der Waals surface area contributed by atoms with Crippen molar-refractivity contribution in [3.63, 3.8) is 0 Å². The zero-order valence-corrected chi connectivity index (χ0v) is 13.6. The van der Waals surface area contributed by atoms with E-state index in [0.29, 0.717) is 17.1 Å². The second-order valence-corrected chi connectivity index (χ2v) is 5.34. The van der Waals surface area contributed by atoms with Gasteiger partial charge in [-0.15, -0.1) is 0 Å². The van der Waals surface area contributed by atoms with Gasteiger partial charge in [-0.25, -0.2) is 4.79 Å². The fourth-order valence-electron chi connectivity index (χ4n) is 2.19. The van der Waals surface area contributed by atoms with E-state index in [4.69, 9.17) is 14.2 Å². The lowest BCUT2D eigenvalue weighted by Crippen LogP contribution is -2.45. The highest BCUT2D eigenvalue weighted by Crippen LogP contribution is 2.31. The van der Waals surface area contributed by atoms with Crippen molar-refractivity contribution in [2.75, 3.05) is 13.2 Å². The predicted octanol–water partition coefficient (Wildman–Crippen LogP) is 0.831. The van der Waals surface area contributed by atoms with Gasteiger partial charge in [0.15, 0.2) is 18.1 Å². The molecule has 2 N–H and O–H groups in total. The van der Waals surface area contributed by atoms with Crippen LogP contribution in [0, 0.1) is 0 Å². The van der Waals surface area contributed by atoms with E-state index >= 15 is 0 Å². The number of esters is 1. The van der Waals surface area contributed by atoms with Crippen molar-refractivity contribution in [2.24, 2.45) is 0 Å². The van der Waals surface area contributed by atoms with Gasteiger partial charge in [-0.3, -0.25) is 20.4 Å². The van der Waals surface area contributed by atoms with Gasteiger partial charge >= 0.3 is 5.97 Å². The average Bonchev–Trinajstić information content (AvgIpc) is 2.70. The van der Waals surface area contributed by atoms with Gasteiger partial charge in [0.25, 0.3) is 11.8 Å². The minimum Gasteiger partial charge on any atom is -0.485 e. The summed E-state index contributed by atoms with van der Waals surface area (Å²) in [5.41, 5.74) is 4.78. The van der Waals surface area contributed by atoms with Crippen LogP contribution < -0.4 is 20.3 Å². The largest absolute Gasteiger partial charge is 0.485 e. The zero-order chi connectivity index (χ0) is 18.4. The summed E-state index contributed by atoms with van der Waals surface area (Å²) in [5, 5.41) is 0. The maximum absolute atomic E-state index is 12.0. The first-order valence-corrected chi connectivity index (χ1v) is 7.83. The first-order valence-electron chi connectivity index (χ1n) is 7.83. The Morgan fingerprint density at radius 1 is 0.962 bits per heavy atom. The van der Waals surface area contributed by atoms with Crippen molar-refractivity contribution in [2.45, 2.75) is 6.10 Å². The number of hydrazine groups is 1. The first-order chi connectivity index (χ1) is 12.6. The lowest BCUT2D eigenvalue weighted by atomic mass is 10.2. The number of carbonyl (C=O) groups excluding carboxylic acids is 3. The minimum atomic E-state index is -0.961. The molecule has 1 atom stereocenters. The van der Waals surface area contributed by atoms with Gasteiger partial charge in [-0.2, -0.15) is 0 Å². The number of carbonyl (C=O) groups is 3. The summed E-state index contributed by atoms with van der Waals surface area (Å²) in [6.07, 6.45) is -0.961. The van der Waals surface area contributed by atoms with E-state index in [1.807, 2.05) is 0 Å². The summed E-state index contributed by atoms with van der Waals surface area (Å²) < 4.78 is 15.8. The summed E-state index contributed by atoms with van der Waals surface area (Å²) in [6, 6.07) is 15.3. The highest BCUT2D eigenvalue weighted by Gasteiger charge is 2.29. The van der Waals surface area contributed by atoms with E-state index in [0.717, 1.165) is 0 Å². The highest BCUT2D eigenvalue weighted by molar-refractivity contribution is 5.95. The van der Waals surface area contributed by atoms with Crippen LogP contribution in [0.2, 0.25) is 0 Å². The maximum Gasteiger partial charge on any atom is 0.351 e. The van der Waals surface area contributed by atoms with Gasteiger partial charge in [0.2, 0.25) is 6.10 Å². The number of benzene rings is 2. The Morgan fingerprint density at radius 2 is 1.65 bits per heavy atom. The van der Waals surface area contributed by atoms with E-state index in [2.05, 4.69) is 10.9 Å². The molecular formula is C18H16N2O6. The molecule has 1 unspecified atom stereocenters. The molecule has 134 valence electrons. The van der Waals surface area contributed by atoms with Crippen LogP contribution in [0.4, 0.5) is 0 Å². The molecule has 3 rings (SSSR count). The van der Waals surface area contributed by atoms with Crippen molar-refractivity contribution < 1.29 is 28.6 Å². The fraction of sp³-hybridized carbons (Fsp3) is 0.167. The van der Waals surface area contributed by atoms with E-state index in [1.54, 1.807) is 54.6 Å². The van der Waals surface area contributed by atoms with Gasteiger partial charge in [0.1, 0.15) is 6.61 Å². The lowest BCUT2D eigenvalue weighted by Gasteiger charge is -2.24. The molecule has 1 aliphatic heterocycles. The molecule has 2 amide bonds. The van der Waals surface area contributed by atoms with Crippen LogP contribution in [0.5, 0.6) is 11.5 Å². The topological polar surface area (TPSA) is 103 Å². The molecule has 0 aliphatic carbocycles. The van der Waals surface area contributed by atoms with Gasteiger partial charge in [-0.05, 0) is 24.3 Å². The molecule has 0 aromatic heterocycles. The minimum absolute atomic E-state index is 0.0117. The SMILES string of the molecule is O=C(COC(=O)C1COc2ccccc2O1)NNC(=O)c1ccccc1. The van der Waals surface area contributed by atoms with Crippen molar-refractivity contribution in [1.29, 1.82) is 0 Å². The van der Waals surface area contributed by atoms with Crippen molar-refractivity contribution in [1.82, 2.24) is 10.9 Å². The van der Waals surface area contributed by atoms with Crippen molar-refractivity contribution in [3.8, 4) is 11.5 Å². The second-order valence-electron chi connectivity index (χ2n) is 5.34. The molecule has 0 fully saturated rings. The highest BCUT2D eigenvalue weighted by atomic mass is 16.6. The standard InChI is InChI=1S/C18H16N2O6/c21-16(19-20-17(22)12-6-2-1-3-7-12)11-25-18(23)15-10-24-13-8-4-5-9-14(13)26-15/h1-9,15H,10-11H2,(H,19,21)(H,20,22). The molecule has 0 saturated heterocycles. The number of rotatable bonds is 4. The van der Waals surface area contributed by atoms with Crippen LogP contribution in [-0.4, -0.2) is 37.1 Å². The number of nitrogens with one attached hydrogen (secondary N) is 2. The molecular weight excluding hydrogens is 340 g/mol. The van der Waals surface area contributed by atoms with Crippen molar-refractivity contribution in [3.05, 3.63) is 60.2 Å². The number of para-hydroxylation sites is 2. The summed E-state index contributed by atoms with van der Waals surface area (Å²) in [4.78, 5) is 35.4. The van der Waals surface area contributed by atoms with Gasteiger partial charge in [-0.1, -0.05) is 30.3 Å². The molecule has 2 aromatic carbocycles. The van der Waals surface area contributed by atoms with E-state index in [1.165, 1.54) is 0 Å². The smallest absolute Gasteiger partial charge is 0.351 e. The van der Waals surface area contributed by atoms with E-state index in [9.17, 15) is 14.4 Å². The lowest BCUT2D eigenvalue weighted by molar-refractivity contribution is -0.157. The quantitative estimate of drug-likeness (QED) is 0.621. The summed E-state index contributed by atoms with van der Waals surface area (Å²) in [5.74, 6) is -0.923. The summed E-state index contributed by atoms with van der Waals surface area (Å²) in [6.45, 7) is -0.572. The Labute approximate surface area is 149 Å². The third-order valence-corrected chi connectivity index (χ3v) is 3.47. The van der Waals surface area contributed by atoms with Crippen LogP contribution in [0.15, 0.2) is 54.6 Å². The maximum atomic E-state index is 12.0. The number of amides is 2. The molecule has 8 nitrogen and oxygen atoms in total. The molecule has 0 radical (unpaired) electrons. The number of hydrogen-bond acceptors (Lipinski definition) is 6. The van der Waals surface area contributed by atoms with Crippen LogP contribution in [0.1, 0.15) is 10.4 Å². The van der Waals surface area contributed by atoms with Crippen LogP contribution in [-0.2, 0) is 14.3 Å². The summed E-state index contributed by atoms with van der Waals surface area (Å²) in [7, 11) is 0. The van der Waals surface area contributed by atoms with E-state index < -0.39 is 30.5 Å². The molecule has 26 heavy (non-hydrogen) atoms. The number of ether oxygens (including phenoxy) is 3. The van der Waals surface area contributed by atoms with E-state index in [-0.39, 0.29) is 6.61 Å².